The monoisotopic (exact) mass is 1040 g/mol. The number of unbranched alkanes of at least 4 members (excludes halogenated alkanes) is 33. The number of aliphatic hydroxyl groups excluding tert-OH is 5. The summed E-state index contributed by atoms with van der Waals surface area (Å²) in [5.41, 5.74) is 0. The van der Waals surface area contributed by atoms with Gasteiger partial charge in [-0.25, -0.2) is 0 Å². The number of nitrogens with one attached hydrogen (secondary N) is 1. The molecule has 0 radical (unpaired) electrons. The third kappa shape index (κ3) is 42.7. The van der Waals surface area contributed by atoms with Crippen molar-refractivity contribution in [1.29, 1.82) is 0 Å². The summed E-state index contributed by atoms with van der Waals surface area (Å²) < 4.78 is 11.2. The van der Waals surface area contributed by atoms with Gasteiger partial charge in [-0.3, -0.25) is 4.79 Å². The lowest BCUT2D eigenvalue weighted by Crippen LogP contribution is -2.60. The van der Waals surface area contributed by atoms with Gasteiger partial charge >= 0.3 is 0 Å². The van der Waals surface area contributed by atoms with Gasteiger partial charge in [-0.15, -0.1) is 0 Å². The van der Waals surface area contributed by atoms with E-state index in [4.69, 9.17) is 9.47 Å². The summed E-state index contributed by atoms with van der Waals surface area (Å²) in [4.78, 5) is 13.0. The zero-order valence-corrected chi connectivity index (χ0v) is 47.8. The number of rotatable bonds is 53. The summed E-state index contributed by atoms with van der Waals surface area (Å²) in [7, 11) is 0. The first-order valence-electron chi connectivity index (χ1n) is 31.2. The van der Waals surface area contributed by atoms with Crippen molar-refractivity contribution in [3.05, 3.63) is 72.9 Å². The van der Waals surface area contributed by atoms with Crippen LogP contribution in [0.15, 0.2) is 72.9 Å². The fourth-order valence-corrected chi connectivity index (χ4v) is 9.54. The normalized spacial score (nSPS) is 19.5. The summed E-state index contributed by atoms with van der Waals surface area (Å²) in [6.07, 6.45) is 68.7. The van der Waals surface area contributed by atoms with Crippen molar-refractivity contribution in [1.82, 2.24) is 5.32 Å². The van der Waals surface area contributed by atoms with E-state index in [-0.39, 0.29) is 12.5 Å². The molecule has 6 N–H and O–H groups in total. The smallest absolute Gasteiger partial charge is 0.220 e. The van der Waals surface area contributed by atoms with E-state index < -0.39 is 49.5 Å². The van der Waals surface area contributed by atoms with Gasteiger partial charge in [-0.1, -0.05) is 267 Å². The highest BCUT2D eigenvalue weighted by atomic mass is 16.7. The maximum absolute atomic E-state index is 13.0. The molecule has 1 aliphatic heterocycles. The van der Waals surface area contributed by atoms with E-state index in [2.05, 4.69) is 79.9 Å². The van der Waals surface area contributed by atoms with E-state index in [0.29, 0.717) is 6.42 Å². The van der Waals surface area contributed by atoms with Crippen LogP contribution in [0.25, 0.3) is 0 Å². The van der Waals surface area contributed by atoms with Crippen molar-refractivity contribution in [2.75, 3.05) is 13.2 Å². The zero-order chi connectivity index (χ0) is 53.6. The Bertz CT molecular complexity index is 1390. The summed E-state index contributed by atoms with van der Waals surface area (Å²) in [5.74, 6) is -0.190. The summed E-state index contributed by atoms with van der Waals surface area (Å²) >= 11 is 0. The Balaban J connectivity index is 2.04. The first-order valence-corrected chi connectivity index (χ1v) is 31.2. The summed E-state index contributed by atoms with van der Waals surface area (Å²) in [5, 5.41) is 54.3. The van der Waals surface area contributed by atoms with E-state index >= 15 is 0 Å². The van der Waals surface area contributed by atoms with Crippen LogP contribution in [0.2, 0.25) is 0 Å². The van der Waals surface area contributed by atoms with E-state index in [0.717, 1.165) is 64.2 Å². The molecule has 7 atom stereocenters. The molecule has 0 bridgehead atoms. The molecule has 0 saturated carbocycles. The lowest BCUT2D eigenvalue weighted by molar-refractivity contribution is -0.302. The molecule has 1 fully saturated rings. The van der Waals surface area contributed by atoms with Crippen LogP contribution in [-0.2, 0) is 14.3 Å². The predicted molar refractivity (Wildman–Crippen MR) is 313 cm³/mol. The van der Waals surface area contributed by atoms with Gasteiger partial charge in [0.25, 0.3) is 0 Å². The van der Waals surface area contributed by atoms with E-state index in [1.165, 1.54) is 193 Å². The minimum Gasteiger partial charge on any atom is -0.394 e. The molecular formula is C65H117NO8. The minimum atomic E-state index is -1.57. The Hall–Kier alpha value is -2.37. The van der Waals surface area contributed by atoms with Crippen LogP contribution in [0.5, 0.6) is 0 Å². The van der Waals surface area contributed by atoms with Crippen molar-refractivity contribution < 1.29 is 39.8 Å². The molecule has 0 spiro atoms. The van der Waals surface area contributed by atoms with Crippen molar-refractivity contribution in [2.24, 2.45) is 0 Å². The van der Waals surface area contributed by atoms with Crippen LogP contribution in [0.1, 0.15) is 277 Å². The predicted octanol–water partition coefficient (Wildman–Crippen LogP) is 16.0. The van der Waals surface area contributed by atoms with Crippen molar-refractivity contribution in [2.45, 2.75) is 320 Å². The molecular weight excluding hydrogens is 923 g/mol. The fraction of sp³-hybridized carbons (Fsp3) is 0.800. The second kappa shape index (κ2) is 54.0. The van der Waals surface area contributed by atoms with E-state index in [1.807, 2.05) is 6.08 Å². The number of hydrogen-bond donors (Lipinski definition) is 6. The van der Waals surface area contributed by atoms with Crippen molar-refractivity contribution in [3.8, 4) is 0 Å². The van der Waals surface area contributed by atoms with Crippen LogP contribution in [-0.4, -0.2) is 87.5 Å². The van der Waals surface area contributed by atoms with E-state index in [9.17, 15) is 30.3 Å². The van der Waals surface area contributed by atoms with E-state index in [1.54, 1.807) is 6.08 Å². The molecule has 1 rings (SSSR count). The molecule has 1 heterocycles. The Labute approximate surface area is 455 Å². The molecule has 1 saturated heterocycles. The number of allylic oxidation sites excluding steroid dienone is 11. The van der Waals surface area contributed by atoms with Crippen molar-refractivity contribution in [3.63, 3.8) is 0 Å². The third-order valence-electron chi connectivity index (χ3n) is 14.5. The van der Waals surface area contributed by atoms with Crippen LogP contribution >= 0.6 is 0 Å². The molecule has 0 aromatic rings. The van der Waals surface area contributed by atoms with Crippen LogP contribution in [0.3, 0.4) is 0 Å². The van der Waals surface area contributed by atoms with Gasteiger partial charge in [-0.2, -0.15) is 0 Å². The minimum absolute atomic E-state index is 0.190. The Kier molecular flexibility index (Phi) is 50.8. The maximum Gasteiger partial charge on any atom is 0.220 e. The Morgan fingerprint density at radius 1 is 0.459 bits per heavy atom. The average Bonchev–Trinajstić information content (AvgIpc) is 3.40. The SMILES string of the molecule is CCCC/C=C/CC/C=C/CC/C=C/C(O)C(COC1OC(CO)C(O)C(O)C1O)NC(=O)CCCCCCCCCCCCCCCCCCCCCCCCCC/C=C\C/C=C\C/C=C\CCCCCCC. The van der Waals surface area contributed by atoms with Gasteiger partial charge in [0.1, 0.15) is 24.4 Å². The number of carbonyl (C=O) groups excluding carboxylic acids is 1. The van der Waals surface area contributed by atoms with Gasteiger partial charge in [0, 0.05) is 6.42 Å². The zero-order valence-electron chi connectivity index (χ0n) is 47.8. The van der Waals surface area contributed by atoms with Crippen molar-refractivity contribution >= 4 is 5.91 Å². The second-order valence-corrected chi connectivity index (χ2v) is 21.5. The first kappa shape index (κ1) is 69.6. The molecule has 430 valence electrons. The maximum atomic E-state index is 13.0. The Morgan fingerprint density at radius 3 is 1.27 bits per heavy atom. The second-order valence-electron chi connectivity index (χ2n) is 21.5. The third-order valence-corrected chi connectivity index (χ3v) is 14.5. The topological polar surface area (TPSA) is 149 Å². The standard InChI is InChI=1S/C65H117NO8/c1-3-5-7-9-11-13-15-17-18-19-20-21-22-23-24-25-26-27-28-29-30-31-32-33-34-35-36-37-38-39-40-41-42-43-45-47-49-51-53-55-61(69)66-58(57-73-65-64(72)63(71)62(70)60(56-67)74-65)59(68)54-52-50-48-46-44-16-14-12-10-8-6-4-2/h10,12,15,17,19-20,22-23,44,46,52,54,58-60,62-65,67-68,70-72H,3-9,11,13-14,16,18,21,24-43,45,47-51,53,55-57H2,1-2H3,(H,66,69)/b12-10+,17-15-,20-19-,23-22-,46-44+,54-52+. The summed E-state index contributed by atoms with van der Waals surface area (Å²) in [6.45, 7) is 3.70. The number of hydrogen-bond acceptors (Lipinski definition) is 8. The molecule has 74 heavy (non-hydrogen) atoms. The van der Waals surface area contributed by atoms with Gasteiger partial charge in [0.05, 0.1) is 25.4 Å². The molecule has 0 aromatic heterocycles. The highest BCUT2D eigenvalue weighted by molar-refractivity contribution is 5.76. The number of carbonyl (C=O) groups is 1. The Morgan fingerprint density at radius 2 is 0.824 bits per heavy atom. The lowest BCUT2D eigenvalue weighted by atomic mass is 9.99. The molecule has 0 aliphatic carbocycles. The quantitative estimate of drug-likeness (QED) is 0.0261. The lowest BCUT2D eigenvalue weighted by Gasteiger charge is -2.40. The molecule has 7 unspecified atom stereocenters. The molecule has 0 aromatic carbocycles. The van der Waals surface area contributed by atoms with Gasteiger partial charge in [0.2, 0.25) is 5.91 Å². The highest BCUT2D eigenvalue weighted by Gasteiger charge is 2.44. The largest absolute Gasteiger partial charge is 0.394 e. The number of ether oxygens (including phenoxy) is 2. The van der Waals surface area contributed by atoms with Crippen LogP contribution in [0.4, 0.5) is 0 Å². The molecule has 9 heteroatoms. The number of aliphatic hydroxyl groups is 5. The van der Waals surface area contributed by atoms with Gasteiger partial charge in [0.15, 0.2) is 6.29 Å². The highest BCUT2D eigenvalue weighted by Crippen LogP contribution is 2.23. The van der Waals surface area contributed by atoms with Crippen LogP contribution < -0.4 is 5.32 Å². The van der Waals surface area contributed by atoms with Crippen LogP contribution in [0, 0.1) is 0 Å². The molecule has 1 amide bonds. The summed E-state index contributed by atoms with van der Waals surface area (Å²) in [6, 6.07) is -0.828. The van der Waals surface area contributed by atoms with Gasteiger partial charge < -0.3 is 40.3 Å². The fourth-order valence-electron chi connectivity index (χ4n) is 9.54. The first-order chi connectivity index (χ1) is 36.3. The van der Waals surface area contributed by atoms with Gasteiger partial charge in [-0.05, 0) is 77.0 Å². The molecule has 1 aliphatic rings. The average molecular weight is 1040 g/mol. The number of amides is 1. The molecule has 9 nitrogen and oxygen atoms in total.